The number of benzene rings is 2. The van der Waals surface area contributed by atoms with Gasteiger partial charge in [-0.05, 0) is 50.0 Å². The fraction of sp³-hybridized carbons (Fsp3) is 0.348. The molecular formula is C23H23N5O2. The number of hydrogen-bond donors (Lipinski definition) is 0. The first-order valence-corrected chi connectivity index (χ1v) is 10.5. The third kappa shape index (κ3) is 3.80. The van der Waals surface area contributed by atoms with Gasteiger partial charge in [-0.1, -0.05) is 36.8 Å². The molecule has 2 amide bonds. The monoisotopic (exact) mass is 401 g/mol. The fourth-order valence-corrected chi connectivity index (χ4v) is 4.13. The van der Waals surface area contributed by atoms with Gasteiger partial charge in [-0.2, -0.15) is 9.98 Å². The van der Waals surface area contributed by atoms with Crippen molar-refractivity contribution in [3.05, 3.63) is 53.3 Å². The van der Waals surface area contributed by atoms with E-state index >= 15 is 0 Å². The second kappa shape index (κ2) is 8.28. The molecular weight excluding hydrogens is 378 g/mol. The smallest absolute Gasteiger partial charge is 0.369 e. The molecule has 0 bridgehead atoms. The molecule has 7 nitrogen and oxygen atoms in total. The fourth-order valence-electron chi connectivity index (χ4n) is 4.13. The first-order chi connectivity index (χ1) is 14.8. The number of carbonyl (C=O) groups excluding carboxylic acids is 1. The topological polar surface area (TPSA) is 80.0 Å². The summed E-state index contributed by atoms with van der Waals surface area (Å²) in [5.74, 6) is 0.865. The summed E-state index contributed by atoms with van der Waals surface area (Å²) in [6.45, 7) is 4.28. The Morgan fingerprint density at radius 1 is 0.933 bits per heavy atom. The molecule has 1 aromatic heterocycles. The number of aromatic nitrogens is 2. The Balaban J connectivity index is 1.30. The average molecular weight is 401 g/mol. The quantitative estimate of drug-likeness (QED) is 0.594. The predicted octanol–water partition coefficient (Wildman–Crippen LogP) is 2.92. The Bertz CT molecular complexity index is 1200. The van der Waals surface area contributed by atoms with Gasteiger partial charge in [-0.25, -0.2) is 4.79 Å². The van der Waals surface area contributed by atoms with Crippen molar-refractivity contribution >= 4 is 16.9 Å². The van der Waals surface area contributed by atoms with Crippen LogP contribution in [0.4, 0.5) is 4.79 Å². The molecule has 0 N–H and O–H groups in total. The molecule has 0 atom stereocenters. The maximum atomic E-state index is 11.5. The maximum Gasteiger partial charge on any atom is 0.369 e. The molecule has 2 aromatic carbocycles. The zero-order valence-electron chi connectivity index (χ0n) is 16.8. The van der Waals surface area contributed by atoms with Crippen LogP contribution in [-0.2, 0) is 0 Å². The minimum atomic E-state index is -0.529. The largest absolute Gasteiger partial charge is 0.494 e. The van der Waals surface area contributed by atoms with E-state index in [1.165, 1.54) is 32.4 Å². The number of ether oxygens (including phenoxy) is 1. The van der Waals surface area contributed by atoms with E-state index in [9.17, 15) is 4.79 Å². The van der Waals surface area contributed by atoms with Crippen molar-refractivity contribution in [3.63, 3.8) is 0 Å². The van der Waals surface area contributed by atoms with E-state index in [4.69, 9.17) is 4.74 Å². The van der Waals surface area contributed by atoms with Gasteiger partial charge in [0.2, 0.25) is 5.49 Å². The van der Waals surface area contributed by atoms with Gasteiger partial charge in [0.05, 0.1) is 6.61 Å². The molecule has 7 heteroatoms. The molecule has 0 saturated carbocycles. The van der Waals surface area contributed by atoms with Crippen molar-refractivity contribution in [3.8, 4) is 16.9 Å². The molecule has 0 spiro atoms. The molecule has 3 heterocycles. The van der Waals surface area contributed by atoms with Crippen LogP contribution >= 0.6 is 0 Å². The van der Waals surface area contributed by atoms with Crippen LogP contribution in [0.5, 0.6) is 5.75 Å². The molecule has 1 fully saturated rings. The Morgan fingerprint density at radius 3 is 2.60 bits per heavy atom. The normalized spacial score (nSPS) is 16.2. The van der Waals surface area contributed by atoms with E-state index in [1.54, 1.807) is 0 Å². The van der Waals surface area contributed by atoms with Crippen LogP contribution in [0, 0.1) is 0 Å². The van der Waals surface area contributed by atoms with Crippen molar-refractivity contribution in [1.82, 2.24) is 15.1 Å². The summed E-state index contributed by atoms with van der Waals surface area (Å²) >= 11 is 0. The van der Waals surface area contributed by atoms with Crippen molar-refractivity contribution in [2.24, 2.45) is 9.98 Å². The number of hydrogen-bond acceptors (Lipinski definition) is 5. The molecule has 1 saturated heterocycles. The van der Waals surface area contributed by atoms with Crippen LogP contribution in [0.25, 0.3) is 22.0 Å². The number of nitrogens with zero attached hydrogens (tertiary/aromatic N) is 5. The summed E-state index contributed by atoms with van der Waals surface area (Å²) in [5.41, 5.74) is 2.95. The van der Waals surface area contributed by atoms with Gasteiger partial charge < -0.3 is 9.64 Å². The lowest BCUT2D eigenvalue weighted by Crippen LogP contribution is -2.31. The van der Waals surface area contributed by atoms with Crippen LogP contribution in [0.1, 0.15) is 25.7 Å². The Labute approximate surface area is 174 Å². The number of carbonyl (C=O) groups is 1. The van der Waals surface area contributed by atoms with Crippen LogP contribution < -0.4 is 15.6 Å². The van der Waals surface area contributed by atoms with E-state index in [0.717, 1.165) is 41.8 Å². The summed E-state index contributed by atoms with van der Waals surface area (Å²) in [7, 11) is 0. The molecule has 0 radical (unpaired) electrons. The summed E-state index contributed by atoms with van der Waals surface area (Å²) in [6.07, 6.45) is 5.05. The molecule has 0 aliphatic carbocycles. The minimum absolute atomic E-state index is 0.290. The first kappa shape index (κ1) is 18.8. The van der Waals surface area contributed by atoms with Gasteiger partial charge in [0.1, 0.15) is 16.6 Å². The predicted molar refractivity (Wildman–Crippen MR) is 113 cm³/mol. The number of likely N-dealkylation sites (tertiary alicyclic amines) is 1. The number of amides is 2. The molecule has 3 aromatic rings. The van der Waals surface area contributed by atoms with Gasteiger partial charge in [-0.15, -0.1) is 10.2 Å². The Morgan fingerprint density at radius 2 is 1.77 bits per heavy atom. The summed E-state index contributed by atoms with van der Waals surface area (Å²) in [5, 5.41) is 9.65. The average Bonchev–Trinajstić information content (AvgIpc) is 3.18. The third-order valence-corrected chi connectivity index (χ3v) is 5.66. The van der Waals surface area contributed by atoms with E-state index in [0.29, 0.717) is 10.9 Å². The standard InChI is InChI=1S/C23H23N5O2/c29-23-24-21-19-7-4-6-18(20(19)26-27-22(21)25-23)16-8-10-17(11-9-16)30-15-5-14-28-12-2-1-3-13-28/h4,6-11H,1-3,5,12-15H2. The van der Waals surface area contributed by atoms with Crippen molar-refractivity contribution in [1.29, 1.82) is 0 Å². The molecule has 152 valence electrons. The highest BCUT2D eigenvalue weighted by atomic mass is 16.5. The van der Waals surface area contributed by atoms with Crippen LogP contribution in [0.2, 0.25) is 0 Å². The minimum Gasteiger partial charge on any atom is -0.494 e. The molecule has 2 aliphatic heterocycles. The Kier molecular flexibility index (Phi) is 5.19. The number of rotatable bonds is 6. The highest BCUT2D eigenvalue weighted by molar-refractivity contribution is 5.94. The van der Waals surface area contributed by atoms with Crippen molar-refractivity contribution in [2.75, 3.05) is 26.2 Å². The van der Waals surface area contributed by atoms with Gasteiger partial charge >= 0.3 is 6.03 Å². The maximum absolute atomic E-state index is 11.5. The van der Waals surface area contributed by atoms with Crippen LogP contribution in [-0.4, -0.2) is 47.4 Å². The van der Waals surface area contributed by atoms with E-state index in [2.05, 4.69) is 25.1 Å². The summed E-state index contributed by atoms with van der Waals surface area (Å²) in [6, 6.07) is 13.3. The van der Waals surface area contributed by atoms with Crippen LogP contribution in [0.15, 0.2) is 52.4 Å². The van der Waals surface area contributed by atoms with E-state index in [-0.39, 0.29) is 5.49 Å². The zero-order chi connectivity index (χ0) is 20.3. The van der Waals surface area contributed by atoms with E-state index in [1.807, 2.05) is 42.5 Å². The molecule has 30 heavy (non-hydrogen) atoms. The van der Waals surface area contributed by atoms with Gasteiger partial charge in [0.15, 0.2) is 0 Å². The van der Waals surface area contributed by atoms with Crippen LogP contribution in [0.3, 0.4) is 0 Å². The zero-order valence-corrected chi connectivity index (χ0v) is 16.8. The van der Waals surface area contributed by atoms with Gasteiger partial charge in [0, 0.05) is 17.5 Å². The van der Waals surface area contributed by atoms with Gasteiger partial charge in [-0.3, -0.25) is 0 Å². The van der Waals surface area contributed by atoms with Gasteiger partial charge in [0.25, 0.3) is 0 Å². The summed E-state index contributed by atoms with van der Waals surface area (Å²) < 4.78 is 5.93. The first-order valence-electron chi connectivity index (χ1n) is 10.5. The lowest BCUT2D eigenvalue weighted by Gasteiger charge is -2.26. The van der Waals surface area contributed by atoms with E-state index < -0.39 is 6.03 Å². The lowest BCUT2D eigenvalue weighted by atomic mass is 10.0. The second-order valence-corrected chi connectivity index (χ2v) is 7.71. The number of piperidine rings is 1. The lowest BCUT2D eigenvalue weighted by molar-refractivity contribution is 0.205. The summed E-state index contributed by atoms with van der Waals surface area (Å²) in [4.78, 5) is 21.8. The number of urea groups is 1. The Hall–Kier alpha value is -3.19. The molecule has 2 aliphatic rings. The SMILES string of the molecule is O=C1N=c2nnc3c(-c4ccc(OCCCN5CCCCC5)cc4)cccc3c2=N1. The highest BCUT2D eigenvalue weighted by Crippen LogP contribution is 2.27. The van der Waals surface area contributed by atoms with Crippen molar-refractivity contribution in [2.45, 2.75) is 25.7 Å². The van der Waals surface area contributed by atoms with Crippen molar-refractivity contribution < 1.29 is 9.53 Å². The molecule has 5 rings (SSSR count). The molecule has 0 unspecified atom stereocenters. The highest BCUT2D eigenvalue weighted by Gasteiger charge is 2.14. The number of fused-ring (bicyclic) bond motifs is 3. The second-order valence-electron chi connectivity index (χ2n) is 7.71. The third-order valence-electron chi connectivity index (χ3n) is 5.66.